The summed E-state index contributed by atoms with van der Waals surface area (Å²) < 4.78 is 0. The molecule has 0 aromatic heterocycles. The maximum absolute atomic E-state index is 10.3. The average molecular weight is 180 g/mol. The minimum absolute atomic E-state index is 0.650. The molecule has 1 aromatic carbocycles. The smallest absolute Gasteiger partial charge is 0.213 e. The van der Waals surface area contributed by atoms with Crippen LogP contribution in [0.3, 0.4) is 0 Å². The van der Waals surface area contributed by atoms with Crippen LogP contribution in [0.15, 0.2) is 24.3 Å². The number of benzene rings is 1. The van der Waals surface area contributed by atoms with Crippen LogP contribution in [0, 0.1) is 0 Å². The Hall–Kier alpha value is -0.933. The number of rotatable bonds is 2. The van der Waals surface area contributed by atoms with Crippen molar-refractivity contribution in [3.8, 4) is 0 Å². The van der Waals surface area contributed by atoms with E-state index in [0.717, 1.165) is 11.5 Å². The highest BCUT2D eigenvalue weighted by Crippen LogP contribution is 2.00. The van der Waals surface area contributed by atoms with E-state index in [1.165, 1.54) is 0 Å². The van der Waals surface area contributed by atoms with E-state index in [1.54, 1.807) is 12.1 Å². The molecule has 0 fully saturated rings. The van der Waals surface area contributed by atoms with Crippen LogP contribution in [-0.4, -0.2) is 19.4 Å². The molecule has 0 aliphatic heterocycles. The lowest BCUT2D eigenvalue weighted by Gasteiger charge is -2.13. The van der Waals surface area contributed by atoms with Crippen LogP contribution >= 0.6 is 0 Å². The van der Waals surface area contributed by atoms with Gasteiger partial charge in [-0.3, -0.25) is 4.79 Å². The summed E-state index contributed by atoms with van der Waals surface area (Å²) in [4.78, 5) is 20.0. The van der Waals surface area contributed by atoms with E-state index >= 15 is 0 Å². The van der Waals surface area contributed by atoms with E-state index in [1.807, 2.05) is 25.2 Å². The predicted octanol–water partition coefficient (Wildman–Crippen LogP) is 0.903. The van der Waals surface area contributed by atoms with Crippen molar-refractivity contribution < 1.29 is 9.59 Å². The number of aldehydes is 1. The van der Waals surface area contributed by atoms with E-state index in [9.17, 15) is 9.59 Å². The summed E-state index contributed by atoms with van der Waals surface area (Å²) in [5.41, 5.74) is 0.650. The van der Waals surface area contributed by atoms with Crippen LogP contribution < -0.4 is 5.19 Å². The second-order valence-corrected chi connectivity index (χ2v) is 6.99. The van der Waals surface area contributed by atoms with Gasteiger partial charge in [0.25, 0.3) is 0 Å². The van der Waals surface area contributed by atoms with Crippen molar-refractivity contribution in [2.45, 2.75) is 13.1 Å². The van der Waals surface area contributed by atoms with Gasteiger partial charge in [-0.1, -0.05) is 24.3 Å². The van der Waals surface area contributed by atoms with Crippen LogP contribution in [0.1, 0.15) is 10.4 Å². The van der Waals surface area contributed by atoms with Crippen molar-refractivity contribution >= 4 is 19.8 Å². The molecule has 0 amide bonds. The quantitative estimate of drug-likeness (QED) is 0.542. The largest absolute Gasteiger partial charge is 0.428 e. The van der Waals surface area contributed by atoms with Crippen molar-refractivity contribution in [1.29, 1.82) is 0 Å². The van der Waals surface area contributed by atoms with Crippen LogP contribution in [-0.2, 0) is 0 Å². The highest BCUT2D eigenvalue weighted by atomic mass is 28.4. The summed E-state index contributed by atoms with van der Waals surface area (Å²) in [7, 11) is -2.18. The van der Waals surface area contributed by atoms with Crippen LogP contribution in [0.4, 0.5) is 0 Å². The van der Waals surface area contributed by atoms with Gasteiger partial charge in [0, 0.05) is 5.56 Å². The highest BCUT2D eigenvalue weighted by Gasteiger charge is 2.19. The Kier molecular flexibility index (Phi) is 2.45. The molecular weight excluding hydrogens is 168 g/mol. The minimum Gasteiger partial charge on any atom is -0.428 e. The lowest BCUT2D eigenvalue weighted by molar-refractivity contribution is 0.112. The van der Waals surface area contributed by atoms with Gasteiger partial charge in [-0.15, -0.1) is 0 Å². The number of carbonyl (C=O) groups is 1. The number of carbonyl (C=O) groups excluding carboxylic acids is 1. The van der Waals surface area contributed by atoms with Crippen LogP contribution in [0.5, 0.6) is 0 Å². The molecule has 1 N–H and O–H groups in total. The fourth-order valence-corrected chi connectivity index (χ4v) is 1.95. The van der Waals surface area contributed by atoms with Crippen molar-refractivity contribution in [3.05, 3.63) is 29.8 Å². The Bertz CT molecular complexity index is 272. The maximum Gasteiger partial charge on any atom is 0.213 e. The molecule has 2 nitrogen and oxygen atoms in total. The zero-order chi connectivity index (χ0) is 9.19. The summed E-state index contributed by atoms with van der Waals surface area (Å²) in [5.74, 6) is 0. The van der Waals surface area contributed by atoms with Gasteiger partial charge in [-0.05, 0) is 18.3 Å². The first-order valence-corrected chi connectivity index (χ1v) is 6.77. The lowest BCUT2D eigenvalue weighted by Crippen LogP contribution is -2.41. The molecule has 0 atom stereocenters. The molecule has 0 saturated heterocycles. The third-order valence-corrected chi connectivity index (χ3v) is 3.50. The van der Waals surface area contributed by atoms with Gasteiger partial charge < -0.3 is 4.80 Å². The third-order valence-electron chi connectivity index (χ3n) is 1.75. The van der Waals surface area contributed by atoms with E-state index in [-0.39, 0.29) is 0 Å². The summed E-state index contributed by atoms with van der Waals surface area (Å²) in [6.07, 6.45) is 0.801. The third kappa shape index (κ3) is 2.03. The summed E-state index contributed by atoms with van der Waals surface area (Å²) >= 11 is 0. The Labute approximate surface area is 73.0 Å². The molecule has 1 aromatic rings. The molecule has 12 heavy (non-hydrogen) atoms. The van der Waals surface area contributed by atoms with Crippen molar-refractivity contribution in [1.82, 2.24) is 0 Å². The van der Waals surface area contributed by atoms with Crippen LogP contribution in [0.25, 0.3) is 0 Å². The Balaban J connectivity index is 3.00. The molecule has 3 heteroatoms. The molecule has 0 heterocycles. The lowest BCUT2D eigenvalue weighted by atomic mass is 10.2. The summed E-state index contributed by atoms with van der Waals surface area (Å²) in [6, 6.07) is 7.09. The molecule has 1 rings (SSSR count). The Morgan fingerprint density at radius 3 is 2.08 bits per heavy atom. The van der Waals surface area contributed by atoms with Gasteiger partial charge in [0.15, 0.2) is 0 Å². The molecule has 0 spiro atoms. The molecule has 0 saturated carbocycles. The minimum atomic E-state index is -2.18. The fourth-order valence-electron chi connectivity index (χ4n) is 0.970. The molecule has 64 valence electrons. The molecule has 0 aliphatic carbocycles. The van der Waals surface area contributed by atoms with Crippen molar-refractivity contribution in [2.75, 3.05) is 0 Å². The van der Waals surface area contributed by atoms with E-state index in [4.69, 9.17) is 0 Å². The predicted molar refractivity (Wildman–Crippen MR) is 51.2 cm³/mol. The highest BCUT2D eigenvalue weighted by molar-refractivity contribution is 6.83. The van der Waals surface area contributed by atoms with Crippen molar-refractivity contribution in [2.24, 2.45) is 0 Å². The van der Waals surface area contributed by atoms with E-state index in [2.05, 4.69) is 0 Å². The molecule has 0 bridgehead atoms. The van der Waals surface area contributed by atoms with Gasteiger partial charge in [0.2, 0.25) is 8.32 Å². The van der Waals surface area contributed by atoms with Gasteiger partial charge >= 0.3 is 0 Å². The molecule has 0 unspecified atom stereocenters. The summed E-state index contributed by atoms with van der Waals surface area (Å²) in [5, 5.41) is 0.952. The Morgan fingerprint density at radius 1 is 1.25 bits per heavy atom. The number of hydrogen-bond donors (Lipinski definition) is 1. The normalized spacial score (nSPS) is 11.2. The monoisotopic (exact) mass is 180 g/mol. The first kappa shape index (κ1) is 9.16. The van der Waals surface area contributed by atoms with Gasteiger partial charge in [-0.25, -0.2) is 0 Å². The van der Waals surface area contributed by atoms with E-state index < -0.39 is 8.32 Å². The second-order valence-electron chi connectivity index (χ2n) is 3.30. The topological polar surface area (TPSA) is 37.3 Å². The molecule has 0 radical (unpaired) electrons. The Morgan fingerprint density at radius 2 is 1.75 bits per heavy atom. The molecular formula is C9H12O2Si. The number of hydrogen-bond acceptors (Lipinski definition) is 2. The zero-order valence-electron chi connectivity index (χ0n) is 7.24. The zero-order valence-corrected chi connectivity index (χ0v) is 8.24. The maximum atomic E-state index is 10.3. The summed E-state index contributed by atoms with van der Waals surface area (Å²) in [6.45, 7) is 3.70. The van der Waals surface area contributed by atoms with Gasteiger partial charge in [0.1, 0.15) is 6.29 Å². The standard InChI is InChI=1S/C9H12O2Si/c1-12(2,11)9-5-3-8(7-10)4-6-9/h3-7,11H,1-2H3. The first-order valence-electron chi connectivity index (χ1n) is 3.82. The molecule has 0 aliphatic rings. The first-order chi connectivity index (χ1) is 5.54. The fraction of sp³-hybridized carbons (Fsp3) is 0.222. The van der Waals surface area contributed by atoms with Crippen LogP contribution in [0.2, 0.25) is 13.1 Å². The SMILES string of the molecule is C[Si](C)(O)c1ccc(C=O)cc1. The van der Waals surface area contributed by atoms with Gasteiger partial charge in [-0.2, -0.15) is 0 Å². The van der Waals surface area contributed by atoms with E-state index in [0.29, 0.717) is 5.56 Å². The van der Waals surface area contributed by atoms with Gasteiger partial charge in [0.05, 0.1) is 0 Å². The van der Waals surface area contributed by atoms with Crippen molar-refractivity contribution in [3.63, 3.8) is 0 Å². The average Bonchev–Trinajstić information content (AvgIpc) is 2.03. The second kappa shape index (κ2) is 3.21.